The van der Waals surface area contributed by atoms with Gasteiger partial charge in [-0.05, 0) is 37.1 Å². The van der Waals surface area contributed by atoms with Crippen molar-refractivity contribution in [1.29, 1.82) is 0 Å². The number of carbonyl (C=O) groups is 2. The second-order valence-electron chi connectivity index (χ2n) is 7.27. The summed E-state index contributed by atoms with van der Waals surface area (Å²) in [5.74, 6) is -2.52. The van der Waals surface area contributed by atoms with E-state index < -0.39 is 29.4 Å². The smallest absolute Gasteiger partial charge is 0.294 e. The van der Waals surface area contributed by atoms with Gasteiger partial charge in [-0.2, -0.15) is 13.2 Å². The molecule has 0 saturated heterocycles. The maximum Gasteiger partial charge on any atom is 0.418 e. The Morgan fingerprint density at radius 1 is 1.00 bits per heavy atom. The van der Waals surface area contributed by atoms with Crippen LogP contribution in [0.3, 0.4) is 0 Å². The number of anilines is 1. The molecular weight excluding hydrogens is 422 g/mol. The van der Waals surface area contributed by atoms with E-state index in [-0.39, 0.29) is 52.6 Å². The van der Waals surface area contributed by atoms with E-state index in [4.69, 9.17) is 11.6 Å². The van der Waals surface area contributed by atoms with E-state index in [9.17, 15) is 27.2 Å². The topological polar surface area (TPSA) is 37.4 Å². The van der Waals surface area contributed by atoms with Crippen LogP contribution in [-0.4, -0.2) is 11.7 Å². The fraction of sp³-hybridized carbons (Fsp3) is 0.273. The Morgan fingerprint density at radius 3 is 2.43 bits per heavy atom. The van der Waals surface area contributed by atoms with Crippen LogP contribution in [0, 0.1) is 5.82 Å². The number of hydrogen-bond acceptors (Lipinski definition) is 2. The van der Waals surface area contributed by atoms with Gasteiger partial charge in [0.25, 0.3) is 0 Å². The van der Waals surface area contributed by atoms with E-state index in [0.717, 1.165) is 11.0 Å². The van der Waals surface area contributed by atoms with Crippen molar-refractivity contribution in [1.82, 2.24) is 0 Å². The summed E-state index contributed by atoms with van der Waals surface area (Å²) in [4.78, 5) is 26.9. The molecule has 2 aromatic carbocycles. The molecule has 0 N–H and O–H groups in total. The number of hydrogen-bond donors (Lipinski definition) is 0. The first-order chi connectivity index (χ1) is 14.2. The van der Waals surface area contributed by atoms with Crippen LogP contribution in [0.2, 0.25) is 5.02 Å². The summed E-state index contributed by atoms with van der Waals surface area (Å²) in [5.41, 5.74) is -0.895. The highest BCUT2D eigenvalue weighted by Crippen LogP contribution is 2.47. The van der Waals surface area contributed by atoms with Crippen molar-refractivity contribution in [3.05, 3.63) is 75.7 Å². The zero-order valence-electron chi connectivity index (χ0n) is 15.6. The lowest BCUT2D eigenvalue weighted by Gasteiger charge is -2.39. The Morgan fingerprint density at radius 2 is 1.73 bits per heavy atom. The first-order valence-electron chi connectivity index (χ1n) is 9.39. The molecule has 0 spiro atoms. The molecule has 0 bridgehead atoms. The fourth-order valence-corrected chi connectivity index (χ4v) is 4.57. The van der Waals surface area contributed by atoms with Gasteiger partial charge in [0.2, 0.25) is 5.91 Å². The van der Waals surface area contributed by atoms with Gasteiger partial charge in [0.05, 0.1) is 11.3 Å². The van der Waals surface area contributed by atoms with Crippen LogP contribution in [0.4, 0.5) is 23.2 Å². The Bertz CT molecular complexity index is 1060. The van der Waals surface area contributed by atoms with Crippen molar-refractivity contribution in [2.45, 2.75) is 37.8 Å². The third-order valence-electron chi connectivity index (χ3n) is 5.47. The second kappa shape index (κ2) is 7.54. The van der Waals surface area contributed by atoms with E-state index in [1.807, 2.05) is 0 Å². The monoisotopic (exact) mass is 437 g/mol. The highest BCUT2D eigenvalue weighted by Gasteiger charge is 2.44. The Balaban J connectivity index is 1.94. The number of nitrogens with zero attached hydrogens (tertiary/aromatic N) is 1. The van der Waals surface area contributed by atoms with Crippen molar-refractivity contribution in [2.24, 2.45) is 0 Å². The molecule has 1 atom stereocenters. The van der Waals surface area contributed by atoms with Gasteiger partial charge in [0, 0.05) is 40.6 Å². The maximum absolute atomic E-state index is 14.6. The molecule has 1 amide bonds. The fourth-order valence-electron chi connectivity index (χ4n) is 4.27. The van der Waals surface area contributed by atoms with Crippen LogP contribution in [-0.2, 0) is 15.8 Å². The number of ketones is 1. The average Bonchev–Trinajstić information content (AvgIpc) is 2.67. The predicted molar refractivity (Wildman–Crippen MR) is 104 cm³/mol. The van der Waals surface area contributed by atoms with Crippen molar-refractivity contribution < 1.29 is 27.2 Å². The summed E-state index contributed by atoms with van der Waals surface area (Å²) in [6, 6.07) is 8.81. The predicted octanol–water partition coefficient (Wildman–Crippen LogP) is 6.03. The molecule has 1 unspecified atom stereocenters. The summed E-state index contributed by atoms with van der Waals surface area (Å²) >= 11 is 6.18. The Labute approximate surface area is 174 Å². The van der Waals surface area contributed by atoms with Crippen LogP contribution in [0.25, 0.3) is 0 Å². The first kappa shape index (κ1) is 20.6. The van der Waals surface area contributed by atoms with Crippen LogP contribution in [0.5, 0.6) is 0 Å². The lowest BCUT2D eigenvalue weighted by atomic mass is 9.76. The SMILES string of the molecule is O=C1CCCC2=C1C(c1c(F)cccc1Cl)CC(=O)N2c1ccccc1C(F)(F)F. The normalized spacial score (nSPS) is 19.9. The standard InChI is InChI=1S/C22H16ClF4NO2/c23-14-6-3-7-15(24)20(14)12-11-19(30)28(17-9-4-10-18(29)21(12)17)16-8-2-1-5-13(16)22(25,26)27/h1-3,5-8,12H,4,9-11H2. The van der Waals surface area contributed by atoms with Crippen molar-refractivity contribution in [3.63, 3.8) is 0 Å². The molecular formula is C22H16ClF4NO2. The van der Waals surface area contributed by atoms with Gasteiger partial charge < -0.3 is 0 Å². The molecule has 2 aromatic rings. The molecule has 0 aromatic heterocycles. The second-order valence-corrected chi connectivity index (χ2v) is 7.68. The van der Waals surface area contributed by atoms with E-state index >= 15 is 0 Å². The molecule has 1 aliphatic heterocycles. The van der Waals surface area contributed by atoms with Gasteiger partial charge in [0.1, 0.15) is 5.82 Å². The first-order valence-corrected chi connectivity index (χ1v) is 9.77. The average molecular weight is 438 g/mol. The third kappa shape index (κ3) is 3.41. The molecule has 2 aliphatic rings. The lowest BCUT2D eigenvalue weighted by molar-refractivity contribution is -0.137. The molecule has 0 fully saturated rings. The highest BCUT2D eigenvalue weighted by molar-refractivity contribution is 6.31. The molecule has 156 valence electrons. The number of halogens is 5. The third-order valence-corrected chi connectivity index (χ3v) is 5.80. The van der Waals surface area contributed by atoms with Crippen LogP contribution >= 0.6 is 11.6 Å². The number of rotatable bonds is 2. The number of alkyl halides is 3. The number of para-hydroxylation sites is 1. The number of carbonyl (C=O) groups excluding carboxylic acids is 2. The summed E-state index contributed by atoms with van der Waals surface area (Å²) in [7, 11) is 0. The molecule has 4 rings (SSSR count). The maximum atomic E-state index is 14.6. The summed E-state index contributed by atoms with van der Waals surface area (Å²) < 4.78 is 55.4. The molecule has 1 heterocycles. The number of allylic oxidation sites excluding steroid dienone is 2. The molecule has 1 aliphatic carbocycles. The zero-order chi connectivity index (χ0) is 21.6. The quantitative estimate of drug-likeness (QED) is 0.538. The largest absolute Gasteiger partial charge is 0.418 e. The number of amides is 1. The number of benzene rings is 2. The van der Waals surface area contributed by atoms with Gasteiger partial charge in [0.15, 0.2) is 5.78 Å². The van der Waals surface area contributed by atoms with Crippen molar-refractivity contribution in [2.75, 3.05) is 4.90 Å². The summed E-state index contributed by atoms with van der Waals surface area (Å²) in [6.07, 6.45) is -4.21. The lowest BCUT2D eigenvalue weighted by Crippen LogP contribution is -2.41. The van der Waals surface area contributed by atoms with Crippen molar-refractivity contribution in [3.8, 4) is 0 Å². The highest BCUT2D eigenvalue weighted by atomic mass is 35.5. The van der Waals surface area contributed by atoms with E-state index in [1.54, 1.807) is 0 Å². The molecule has 0 radical (unpaired) electrons. The Kier molecular flexibility index (Phi) is 5.18. The van der Waals surface area contributed by atoms with Gasteiger partial charge in [-0.25, -0.2) is 4.39 Å². The molecule has 30 heavy (non-hydrogen) atoms. The Hall–Kier alpha value is -2.67. The minimum Gasteiger partial charge on any atom is -0.294 e. The van der Waals surface area contributed by atoms with E-state index in [1.165, 1.54) is 36.4 Å². The van der Waals surface area contributed by atoms with Gasteiger partial charge in [-0.1, -0.05) is 29.8 Å². The summed E-state index contributed by atoms with van der Waals surface area (Å²) in [6.45, 7) is 0. The summed E-state index contributed by atoms with van der Waals surface area (Å²) in [5, 5.41) is 0.0714. The number of Topliss-reactive ketones (excluding diaryl/α,β-unsaturated/α-hetero) is 1. The van der Waals surface area contributed by atoms with E-state index in [0.29, 0.717) is 6.42 Å². The van der Waals surface area contributed by atoms with Crippen LogP contribution in [0.15, 0.2) is 53.7 Å². The van der Waals surface area contributed by atoms with E-state index in [2.05, 4.69) is 0 Å². The van der Waals surface area contributed by atoms with Gasteiger partial charge >= 0.3 is 6.18 Å². The minimum absolute atomic E-state index is 0.0269. The molecule has 0 saturated carbocycles. The zero-order valence-corrected chi connectivity index (χ0v) is 16.4. The van der Waals surface area contributed by atoms with Crippen LogP contribution in [0.1, 0.15) is 42.7 Å². The molecule has 8 heteroatoms. The molecule has 3 nitrogen and oxygen atoms in total. The van der Waals surface area contributed by atoms with Gasteiger partial charge in [-0.3, -0.25) is 14.5 Å². The van der Waals surface area contributed by atoms with Crippen molar-refractivity contribution >= 4 is 29.0 Å². The van der Waals surface area contributed by atoms with Gasteiger partial charge in [-0.15, -0.1) is 0 Å². The minimum atomic E-state index is -4.68. The van der Waals surface area contributed by atoms with Crippen LogP contribution < -0.4 is 4.90 Å².